The monoisotopic (exact) mass is 576 g/mol. The van der Waals surface area contributed by atoms with Gasteiger partial charge in [-0.05, 0) is 49.4 Å². The zero-order valence-electron chi connectivity index (χ0n) is 23.2. The number of hydrogen-bond donors (Lipinski definition) is 2. The fraction of sp³-hybridized carbons (Fsp3) is 0.448. The number of piperazine rings is 1. The predicted octanol–water partition coefficient (Wildman–Crippen LogP) is 1.05. The maximum Gasteiger partial charge on any atom is 0.275 e. The van der Waals surface area contributed by atoms with E-state index in [0.29, 0.717) is 29.8 Å². The van der Waals surface area contributed by atoms with Crippen molar-refractivity contribution in [1.82, 2.24) is 25.0 Å². The summed E-state index contributed by atoms with van der Waals surface area (Å²) in [6.07, 6.45) is 5.25. The number of pyridine rings is 1. The Morgan fingerprint density at radius 3 is 2.43 bits per heavy atom. The van der Waals surface area contributed by atoms with E-state index in [1.165, 1.54) is 10.9 Å². The lowest BCUT2D eigenvalue weighted by molar-refractivity contribution is -0.136. The number of nitrogens with zero attached hydrogens (tertiary/aromatic N) is 6. The highest BCUT2D eigenvalue weighted by Crippen LogP contribution is 2.27. The van der Waals surface area contributed by atoms with Crippen LogP contribution in [0.3, 0.4) is 0 Å². The maximum absolute atomic E-state index is 14.5. The van der Waals surface area contributed by atoms with Crippen molar-refractivity contribution in [3.05, 3.63) is 58.4 Å². The number of nitrogens with two attached hydrogens (primary N) is 1. The summed E-state index contributed by atoms with van der Waals surface area (Å²) in [6.45, 7) is 5.94. The molecule has 0 radical (unpaired) electrons. The molecule has 12 nitrogen and oxygen atoms in total. The molecular weight excluding hydrogens is 543 g/mol. The lowest BCUT2D eigenvalue weighted by atomic mass is 9.95. The molecule has 13 heteroatoms. The summed E-state index contributed by atoms with van der Waals surface area (Å²) in [6, 6.07) is 6.06. The number of imide groups is 1. The molecule has 1 unspecified atom stereocenters. The molecule has 3 saturated heterocycles. The number of aromatic nitrogens is 3. The Hall–Kier alpha value is -4.39. The molecular formula is C29H33FN8O4. The maximum atomic E-state index is 14.5. The summed E-state index contributed by atoms with van der Waals surface area (Å²) in [7, 11) is 0. The highest BCUT2D eigenvalue weighted by molar-refractivity contribution is 5.99. The number of anilines is 2. The molecule has 1 atom stereocenters. The molecule has 3 N–H and O–H groups in total. The molecule has 220 valence electrons. The van der Waals surface area contributed by atoms with Crippen molar-refractivity contribution in [1.29, 1.82) is 0 Å². The molecule has 0 bridgehead atoms. The van der Waals surface area contributed by atoms with Gasteiger partial charge >= 0.3 is 0 Å². The number of halogens is 1. The van der Waals surface area contributed by atoms with E-state index in [0.717, 1.165) is 57.3 Å². The first kappa shape index (κ1) is 27.8. The number of fused-ring (bicyclic) bond motifs is 1. The lowest BCUT2D eigenvalue weighted by Crippen LogP contribution is -2.49. The molecule has 3 aliphatic rings. The topological polar surface area (TPSA) is 147 Å². The second kappa shape index (κ2) is 11.5. The van der Waals surface area contributed by atoms with E-state index in [-0.39, 0.29) is 35.7 Å². The van der Waals surface area contributed by atoms with Gasteiger partial charge in [0.05, 0.1) is 17.1 Å². The Morgan fingerprint density at radius 2 is 1.74 bits per heavy atom. The van der Waals surface area contributed by atoms with Gasteiger partial charge in [0, 0.05) is 69.5 Å². The van der Waals surface area contributed by atoms with Gasteiger partial charge in [-0.1, -0.05) is 0 Å². The Kier molecular flexibility index (Phi) is 7.58. The van der Waals surface area contributed by atoms with Gasteiger partial charge in [0.25, 0.3) is 11.5 Å². The van der Waals surface area contributed by atoms with Gasteiger partial charge in [-0.3, -0.25) is 29.4 Å². The molecule has 6 rings (SSSR count). The van der Waals surface area contributed by atoms with E-state index in [4.69, 9.17) is 5.73 Å². The average molecular weight is 577 g/mol. The Bertz CT molecular complexity index is 1590. The summed E-state index contributed by atoms with van der Waals surface area (Å²) in [5.74, 6) is -1.26. The van der Waals surface area contributed by atoms with Crippen LogP contribution in [0.2, 0.25) is 0 Å². The van der Waals surface area contributed by atoms with Crippen molar-refractivity contribution < 1.29 is 18.8 Å². The zero-order chi connectivity index (χ0) is 29.4. The van der Waals surface area contributed by atoms with Crippen LogP contribution in [0.15, 0.2) is 41.5 Å². The molecule has 0 aliphatic carbocycles. The van der Waals surface area contributed by atoms with Gasteiger partial charge in [0.1, 0.15) is 6.04 Å². The summed E-state index contributed by atoms with van der Waals surface area (Å²) in [5, 5.41) is 7.75. The third-order valence-electron chi connectivity index (χ3n) is 8.57. The van der Waals surface area contributed by atoms with Gasteiger partial charge in [0.2, 0.25) is 11.8 Å². The van der Waals surface area contributed by atoms with Gasteiger partial charge < -0.3 is 15.5 Å². The first-order valence-corrected chi connectivity index (χ1v) is 14.3. The number of rotatable bonds is 6. The number of benzene rings is 1. The molecule has 3 fully saturated rings. The Morgan fingerprint density at radius 1 is 0.976 bits per heavy atom. The van der Waals surface area contributed by atoms with E-state index in [9.17, 15) is 23.6 Å². The number of piperidine rings is 2. The smallest absolute Gasteiger partial charge is 0.275 e. The minimum absolute atomic E-state index is 0.0682. The van der Waals surface area contributed by atoms with Crippen LogP contribution in [0.25, 0.3) is 10.8 Å². The fourth-order valence-corrected chi connectivity index (χ4v) is 6.17. The molecule has 3 aromatic rings. The van der Waals surface area contributed by atoms with Gasteiger partial charge in [-0.25, -0.2) is 14.1 Å². The first-order valence-electron chi connectivity index (χ1n) is 14.3. The highest BCUT2D eigenvalue weighted by Gasteiger charge is 2.30. The quantitative estimate of drug-likeness (QED) is 0.411. The highest BCUT2D eigenvalue weighted by atomic mass is 19.1. The molecule has 42 heavy (non-hydrogen) atoms. The molecule has 5 heterocycles. The summed E-state index contributed by atoms with van der Waals surface area (Å²) >= 11 is 0. The second-order valence-corrected chi connectivity index (χ2v) is 11.2. The number of carbonyl (C=O) groups excluding carboxylic acids is 3. The van der Waals surface area contributed by atoms with E-state index in [1.807, 2.05) is 17.0 Å². The number of amides is 3. The SMILES string of the molecule is NC(=O)c1cnc(N2CCC(CN3CCN(c4ccc5c(=O)n(C6CCC(=O)NC6=O)ncc5c4)CC3)CC2)c(F)c1. The zero-order valence-corrected chi connectivity index (χ0v) is 23.2. The molecule has 0 saturated carbocycles. The van der Waals surface area contributed by atoms with E-state index >= 15 is 0 Å². The van der Waals surface area contributed by atoms with Crippen molar-refractivity contribution in [2.75, 3.05) is 55.6 Å². The number of primary amides is 1. The summed E-state index contributed by atoms with van der Waals surface area (Å²) < 4.78 is 15.7. The van der Waals surface area contributed by atoms with Crippen LogP contribution in [-0.4, -0.2) is 83.2 Å². The molecule has 1 aromatic carbocycles. The van der Waals surface area contributed by atoms with Crippen molar-refractivity contribution in [2.45, 2.75) is 31.7 Å². The average Bonchev–Trinajstić information content (AvgIpc) is 2.98. The third-order valence-corrected chi connectivity index (χ3v) is 8.57. The van der Waals surface area contributed by atoms with E-state index < -0.39 is 23.7 Å². The van der Waals surface area contributed by atoms with Crippen molar-refractivity contribution in [3.8, 4) is 0 Å². The van der Waals surface area contributed by atoms with Gasteiger partial charge in [-0.2, -0.15) is 5.10 Å². The Balaban J connectivity index is 1.03. The predicted molar refractivity (Wildman–Crippen MR) is 154 cm³/mol. The number of hydrogen-bond acceptors (Lipinski definition) is 9. The van der Waals surface area contributed by atoms with Crippen molar-refractivity contribution >= 4 is 40.0 Å². The molecule has 2 aromatic heterocycles. The molecule has 0 spiro atoms. The largest absolute Gasteiger partial charge is 0.369 e. The normalized spacial score (nSPS) is 20.6. The third kappa shape index (κ3) is 5.56. The van der Waals surface area contributed by atoms with Gasteiger partial charge in [-0.15, -0.1) is 0 Å². The lowest BCUT2D eigenvalue weighted by Gasteiger charge is -2.40. The van der Waals surface area contributed by atoms with Crippen molar-refractivity contribution in [3.63, 3.8) is 0 Å². The summed E-state index contributed by atoms with van der Waals surface area (Å²) in [5.41, 5.74) is 5.97. The first-order chi connectivity index (χ1) is 20.3. The number of nitrogens with one attached hydrogen (secondary N) is 1. The van der Waals surface area contributed by atoms with Crippen LogP contribution in [0.1, 0.15) is 42.1 Å². The molecule has 3 amide bonds. The van der Waals surface area contributed by atoms with E-state index in [1.54, 1.807) is 12.3 Å². The minimum Gasteiger partial charge on any atom is -0.369 e. The van der Waals surface area contributed by atoms with Crippen LogP contribution in [0, 0.1) is 11.7 Å². The Labute approximate surface area is 241 Å². The number of carbonyl (C=O) groups is 3. The van der Waals surface area contributed by atoms with Crippen LogP contribution in [0.5, 0.6) is 0 Å². The second-order valence-electron chi connectivity index (χ2n) is 11.2. The van der Waals surface area contributed by atoms with E-state index in [2.05, 4.69) is 25.2 Å². The van der Waals surface area contributed by atoms with Gasteiger partial charge in [0.15, 0.2) is 11.6 Å². The van der Waals surface area contributed by atoms with Crippen LogP contribution >= 0.6 is 0 Å². The summed E-state index contributed by atoms with van der Waals surface area (Å²) in [4.78, 5) is 58.9. The minimum atomic E-state index is -0.785. The van der Waals surface area contributed by atoms with Crippen molar-refractivity contribution in [2.24, 2.45) is 11.7 Å². The molecule has 3 aliphatic heterocycles. The van der Waals surface area contributed by atoms with Crippen LogP contribution < -0.4 is 26.4 Å². The fourth-order valence-electron chi connectivity index (χ4n) is 6.17. The standard InChI is InChI=1S/C29H33FN8O4/c30-23-14-20(26(31)40)15-32-27(23)37-7-5-18(6-8-37)17-35-9-11-36(12-10-35)21-1-2-22-19(13-21)16-33-38(29(22)42)24-3-4-25(39)34-28(24)41/h1-2,13-16,18,24H,3-12,17H2,(H2,31,40)(H,34,39,41). The van der Waals surface area contributed by atoms with Crippen LogP contribution in [-0.2, 0) is 9.59 Å². The van der Waals surface area contributed by atoms with Crippen LogP contribution in [0.4, 0.5) is 15.9 Å².